The molecule has 1 N–H and O–H groups in total. The van der Waals surface area contributed by atoms with Gasteiger partial charge in [-0.2, -0.15) is 17.6 Å². The first-order valence-corrected chi connectivity index (χ1v) is 5.29. The lowest BCUT2D eigenvalue weighted by atomic mass is 9.93. The van der Waals surface area contributed by atoms with Crippen LogP contribution in [-0.4, -0.2) is 10.1 Å². The van der Waals surface area contributed by atoms with Crippen LogP contribution in [0.2, 0.25) is 0 Å². The summed E-state index contributed by atoms with van der Waals surface area (Å²) in [6, 6.07) is 1.69. The summed E-state index contributed by atoms with van der Waals surface area (Å²) in [5, 5.41) is 10.1. The Morgan fingerprint density at radius 1 is 1.18 bits per heavy atom. The highest BCUT2D eigenvalue weighted by Crippen LogP contribution is 2.40. The molecule has 0 aromatic carbocycles. The molecule has 0 radical (unpaired) electrons. The number of pyridine rings is 1. The summed E-state index contributed by atoms with van der Waals surface area (Å²) in [6.45, 7) is 0. The zero-order chi connectivity index (χ0) is 12.7. The summed E-state index contributed by atoms with van der Waals surface area (Å²) in [6.07, 6.45) is -2.49. The van der Waals surface area contributed by atoms with Crippen LogP contribution in [0, 0.1) is 5.95 Å². The van der Waals surface area contributed by atoms with Crippen molar-refractivity contribution in [2.45, 2.75) is 37.5 Å². The highest BCUT2D eigenvalue weighted by Gasteiger charge is 2.38. The van der Waals surface area contributed by atoms with Gasteiger partial charge in [-0.25, -0.2) is 4.98 Å². The third kappa shape index (κ3) is 2.26. The number of hydrogen-bond acceptors (Lipinski definition) is 2. The van der Waals surface area contributed by atoms with Crippen molar-refractivity contribution in [2.24, 2.45) is 0 Å². The Kier molecular flexibility index (Phi) is 2.85. The molecule has 0 unspecified atom stereocenters. The van der Waals surface area contributed by atoms with Gasteiger partial charge in [0.2, 0.25) is 5.95 Å². The van der Waals surface area contributed by atoms with E-state index >= 15 is 0 Å². The van der Waals surface area contributed by atoms with Crippen LogP contribution in [0.5, 0.6) is 0 Å². The molecule has 2 nitrogen and oxygen atoms in total. The van der Waals surface area contributed by atoms with E-state index in [9.17, 15) is 22.7 Å². The number of aromatic nitrogens is 1. The predicted octanol–water partition coefficient (Wildman–Crippen LogP) is 3.00. The van der Waals surface area contributed by atoms with E-state index in [1.54, 1.807) is 0 Å². The molecule has 1 aromatic heterocycles. The molecule has 6 heteroatoms. The van der Waals surface area contributed by atoms with E-state index < -0.39 is 23.4 Å². The summed E-state index contributed by atoms with van der Waals surface area (Å²) >= 11 is 0. The summed E-state index contributed by atoms with van der Waals surface area (Å²) in [4.78, 5) is 2.88. The maximum absolute atomic E-state index is 13.5. The van der Waals surface area contributed by atoms with Gasteiger partial charge in [0.05, 0.1) is 5.60 Å². The average molecular weight is 249 g/mol. The van der Waals surface area contributed by atoms with Crippen LogP contribution in [0.25, 0.3) is 0 Å². The molecule has 1 aromatic rings. The molecule has 1 aliphatic carbocycles. The van der Waals surface area contributed by atoms with E-state index in [4.69, 9.17) is 0 Å². The van der Waals surface area contributed by atoms with E-state index in [2.05, 4.69) is 4.98 Å². The van der Waals surface area contributed by atoms with Crippen molar-refractivity contribution >= 4 is 0 Å². The van der Waals surface area contributed by atoms with Gasteiger partial charge in [0.25, 0.3) is 0 Å². The maximum atomic E-state index is 13.5. The number of hydrogen-bond donors (Lipinski definition) is 1. The first-order chi connectivity index (χ1) is 7.83. The quantitative estimate of drug-likeness (QED) is 0.613. The van der Waals surface area contributed by atoms with Gasteiger partial charge in [-0.05, 0) is 25.0 Å². The van der Waals surface area contributed by atoms with Crippen molar-refractivity contribution in [3.05, 3.63) is 29.3 Å². The third-order valence-electron chi connectivity index (χ3n) is 3.07. The van der Waals surface area contributed by atoms with Gasteiger partial charge in [-0.15, -0.1) is 0 Å². The zero-order valence-corrected chi connectivity index (χ0v) is 8.89. The molecule has 2 rings (SSSR count). The van der Waals surface area contributed by atoms with Crippen molar-refractivity contribution in [3.8, 4) is 0 Å². The standard InChI is InChI=1S/C11H11F4NO/c12-9-7(10(17)5-1-2-6-10)3-4-8(16-9)11(13,14)15/h3-4,17H,1-2,5-6H2. The molecule has 1 fully saturated rings. The van der Waals surface area contributed by atoms with Crippen LogP contribution in [0.4, 0.5) is 17.6 Å². The van der Waals surface area contributed by atoms with Crippen LogP contribution in [-0.2, 0) is 11.8 Å². The normalized spacial score (nSPS) is 19.6. The van der Waals surface area contributed by atoms with Gasteiger partial charge in [0.1, 0.15) is 5.69 Å². The van der Waals surface area contributed by atoms with Crippen LogP contribution in [0.3, 0.4) is 0 Å². The largest absolute Gasteiger partial charge is 0.433 e. The number of aliphatic hydroxyl groups is 1. The first-order valence-electron chi connectivity index (χ1n) is 5.29. The Balaban J connectivity index is 2.38. The molecule has 0 spiro atoms. The van der Waals surface area contributed by atoms with Gasteiger partial charge in [0.15, 0.2) is 0 Å². The second kappa shape index (κ2) is 3.94. The SMILES string of the molecule is OC1(c2ccc(C(F)(F)F)nc2F)CCCC1. The highest BCUT2D eigenvalue weighted by atomic mass is 19.4. The molecule has 0 amide bonds. The summed E-state index contributed by atoms with van der Waals surface area (Å²) < 4.78 is 50.3. The van der Waals surface area contributed by atoms with E-state index in [0.717, 1.165) is 18.9 Å². The lowest BCUT2D eigenvalue weighted by Gasteiger charge is -2.23. The molecule has 0 saturated heterocycles. The van der Waals surface area contributed by atoms with E-state index in [1.165, 1.54) is 0 Å². The lowest BCUT2D eigenvalue weighted by molar-refractivity contribution is -0.141. The minimum absolute atomic E-state index is 0.136. The lowest BCUT2D eigenvalue weighted by Crippen LogP contribution is -2.24. The fraction of sp³-hybridized carbons (Fsp3) is 0.545. The number of nitrogens with zero attached hydrogens (tertiary/aromatic N) is 1. The van der Waals surface area contributed by atoms with Gasteiger partial charge in [-0.3, -0.25) is 0 Å². The van der Waals surface area contributed by atoms with Gasteiger partial charge in [0, 0.05) is 5.56 Å². The Hall–Kier alpha value is -1.17. The second-order valence-electron chi connectivity index (χ2n) is 4.27. The Morgan fingerprint density at radius 3 is 2.24 bits per heavy atom. The zero-order valence-electron chi connectivity index (χ0n) is 8.89. The highest BCUT2D eigenvalue weighted by molar-refractivity contribution is 5.24. The van der Waals surface area contributed by atoms with Gasteiger partial charge in [-0.1, -0.05) is 12.8 Å². The topological polar surface area (TPSA) is 33.1 Å². The maximum Gasteiger partial charge on any atom is 0.433 e. The first kappa shape index (κ1) is 12.3. The fourth-order valence-electron chi connectivity index (χ4n) is 2.17. The van der Waals surface area contributed by atoms with Crippen LogP contribution in [0.15, 0.2) is 12.1 Å². The molecule has 1 saturated carbocycles. The van der Waals surface area contributed by atoms with Crippen LogP contribution < -0.4 is 0 Å². The second-order valence-corrected chi connectivity index (χ2v) is 4.27. The number of alkyl halides is 3. The van der Waals surface area contributed by atoms with Gasteiger partial charge < -0.3 is 5.11 Å². The average Bonchev–Trinajstić information content (AvgIpc) is 2.64. The monoisotopic (exact) mass is 249 g/mol. The molecular formula is C11H11F4NO. The molecule has 17 heavy (non-hydrogen) atoms. The van der Waals surface area contributed by atoms with Crippen molar-refractivity contribution < 1.29 is 22.7 Å². The van der Waals surface area contributed by atoms with Crippen LogP contribution >= 0.6 is 0 Å². The number of rotatable bonds is 1. The van der Waals surface area contributed by atoms with E-state index in [-0.39, 0.29) is 5.56 Å². The van der Waals surface area contributed by atoms with Crippen LogP contribution in [0.1, 0.15) is 36.9 Å². The minimum atomic E-state index is -4.67. The Morgan fingerprint density at radius 2 is 1.76 bits per heavy atom. The molecular weight excluding hydrogens is 238 g/mol. The third-order valence-corrected chi connectivity index (χ3v) is 3.07. The van der Waals surface area contributed by atoms with Crippen molar-refractivity contribution in [2.75, 3.05) is 0 Å². The molecule has 0 bridgehead atoms. The number of halogens is 4. The molecule has 1 aliphatic rings. The van der Waals surface area contributed by atoms with E-state index in [1.807, 2.05) is 0 Å². The molecule has 0 atom stereocenters. The molecule has 0 aliphatic heterocycles. The van der Waals surface area contributed by atoms with Crippen molar-refractivity contribution in [1.29, 1.82) is 0 Å². The predicted molar refractivity (Wildman–Crippen MR) is 51.6 cm³/mol. The smallest absolute Gasteiger partial charge is 0.385 e. The summed E-state index contributed by atoms with van der Waals surface area (Å²) in [5.74, 6) is -1.23. The minimum Gasteiger partial charge on any atom is -0.385 e. The van der Waals surface area contributed by atoms with E-state index in [0.29, 0.717) is 18.9 Å². The molecule has 94 valence electrons. The Bertz CT molecular complexity index is 424. The fourth-order valence-corrected chi connectivity index (χ4v) is 2.17. The van der Waals surface area contributed by atoms with Crippen molar-refractivity contribution in [3.63, 3.8) is 0 Å². The summed E-state index contributed by atoms with van der Waals surface area (Å²) in [5.41, 5.74) is -2.77. The van der Waals surface area contributed by atoms with Crippen molar-refractivity contribution in [1.82, 2.24) is 4.98 Å². The Labute approximate surface area is 95.3 Å². The molecule has 1 heterocycles. The van der Waals surface area contributed by atoms with Gasteiger partial charge >= 0.3 is 6.18 Å². The summed E-state index contributed by atoms with van der Waals surface area (Å²) in [7, 11) is 0.